The van der Waals surface area contributed by atoms with Crippen molar-refractivity contribution in [1.82, 2.24) is 15.5 Å². The van der Waals surface area contributed by atoms with Gasteiger partial charge in [0.15, 0.2) is 5.69 Å². The van der Waals surface area contributed by atoms with Crippen LogP contribution in [0, 0.1) is 0 Å². The van der Waals surface area contributed by atoms with Crippen LogP contribution in [-0.2, 0) is 4.79 Å². The number of nitrogens with zero attached hydrogens (tertiary/aromatic N) is 2. The summed E-state index contributed by atoms with van der Waals surface area (Å²) in [5, 5.41) is 21.4. The van der Waals surface area contributed by atoms with Crippen molar-refractivity contribution in [2.75, 3.05) is 5.32 Å². The Kier molecular flexibility index (Phi) is 4.59. The molecule has 7 heteroatoms. The Morgan fingerprint density at radius 3 is 2.33 bits per heavy atom. The van der Waals surface area contributed by atoms with Crippen LogP contribution in [-0.4, -0.2) is 39.3 Å². The third-order valence-corrected chi connectivity index (χ3v) is 2.07. The van der Waals surface area contributed by atoms with E-state index in [1.807, 2.05) is 13.8 Å². The second-order valence-electron chi connectivity index (χ2n) is 4.14. The number of amides is 1. The normalized spacial score (nSPS) is 12.0. The summed E-state index contributed by atoms with van der Waals surface area (Å²) in [6, 6.07) is 2.37. The largest absolute Gasteiger partial charge is 0.476 e. The Hall–Kier alpha value is -2.18. The average Bonchev–Trinajstić information content (AvgIpc) is 2.28. The van der Waals surface area contributed by atoms with Gasteiger partial charge in [-0.25, -0.2) is 4.79 Å². The molecular weight excluding hydrogens is 236 g/mol. The van der Waals surface area contributed by atoms with Crippen LogP contribution < -0.4 is 10.6 Å². The smallest absolute Gasteiger partial charge is 0.356 e. The van der Waals surface area contributed by atoms with Crippen LogP contribution in [0.3, 0.4) is 0 Å². The minimum Gasteiger partial charge on any atom is -0.476 e. The first-order chi connectivity index (χ1) is 8.40. The van der Waals surface area contributed by atoms with Gasteiger partial charge < -0.3 is 15.7 Å². The molecule has 18 heavy (non-hydrogen) atoms. The number of anilines is 1. The summed E-state index contributed by atoms with van der Waals surface area (Å²) in [4.78, 5) is 22.2. The van der Waals surface area contributed by atoms with Crippen LogP contribution in [0.4, 0.5) is 5.82 Å². The summed E-state index contributed by atoms with van der Waals surface area (Å²) < 4.78 is 0. The Morgan fingerprint density at radius 2 is 1.89 bits per heavy atom. The number of aromatic carboxylic acids is 1. The van der Waals surface area contributed by atoms with Gasteiger partial charge in [-0.1, -0.05) is 0 Å². The van der Waals surface area contributed by atoms with Gasteiger partial charge in [-0.15, -0.1) is 10.2 Å². The van der Waals surface area contributed by atoms with Crippen molar-refractivity contribution in [1.29, 1.82) is 0 Å². The zero-order chi connectivity index (χ0) is 13.7. The second-order valence-corrected chi connectivity index (χ2v) is 4.14. The maximum Gasteiger partial charge on any atom is 0.356 e. The van der Waals surface area contributed by atoms with E-state index in [1.54, 1.807) is 6.92 Å². The molecule has 0 aliphatic rings. The Balaban J connectivity index is 2.61. The molecule has 1 unspecified atom stereocenters. The SMILES string of the molecule is CC(C)NC(=O)C(C)Nc1ccc(C(=O)O)nn1. The number of aromatic nitrogens is 2. The lowest BCUT2D eigenvalue weighted by Crippen LogP contribution is -2.41. The van der Waals surface area contributed by atoms with E-state index in [4.69, 9.17) is 5.11 Å². The van der Waals surface area contributed by atoms with Crippen molar-refractivity contribution >= 4 is 17.7 Å². The van der Waals surface area contributed by atoms with Crippen LogP contribution >= 0.6 is 0 Å². The van der Waals surface area contributed by atoms with Gasteiger partial charge in [-0.3, -0.25) is 4.79 Å². The number of carboxylic acid groups (broad SMARTS) is 1. The molecule has 0 fully saturated rings. The third-order valence-electron chi connectivity index (χ3n) is 2.07. The van der Waals surface area contributed by atoms with Crippen LogP contribution in [0.15, 0.2) is 12.1 Å². The average molecular weight is 252 g/mol. The van der Waals surface area contributed by atoms with Crippen molar-refractivity contribution in [3.63, 3.8) is 0 Å². The van der Waals surface area contributed by atoms with Gasteiger partial charge in [-0.05, 0) is 32.9 Å². The highest BCUT2D eigenvalue weighted by Gasteiger charge is 2.14. The highest BCUT2D eigenvalue weighted by atomic mass is 16.4. The first kappa shape index (κ1) is 13.9. The number of hydrogen-bond acceptors (Lipinski definition) is 5. The number of hydrogen-bond donors (Lipinski definition) is 3. The fourth-order valence-electron chi connectivity index (χ4n) is 1.22. The molecule has 0 aliphatic heterocycles. The molecule has 0 spiro atoms. The molecule has 0 aliphatic carbocycles. The number of carbonyl (C=O) groups excluding carboxylic acids is 1. The summed E-state index contributed by atoms with van der Waals surface area (Å²) in [5.74, 6) is -0.944. The summed E-state index contributed by atoms with van der Waals surface area (Å²) in [6.07, 6.45) is 0. The van der Waals surface area contributed by atoms with Gasteiger partial charge in [0.2, 0.25) is 5.91 Å². The maximum absolute atomic E-state index is 11.6. The summed E-state index contributed by atoms with van der Waals surface area (Å²) in [6.45, 7) is 5.42. The van der Waals surface area contributed by atoms with Gasteiger partial charge in [-0.2, -0.15) is 0 Å². The van der Waals surface area contributed by atoms with E-state index < -0.39 is 12.0 Å². The number of carbonyl (C=O) groups is 2. The third kappa shape index (κ3) is 4.00. The molecule has 3 N–H and O–H groups in total. The molecule has 1 rings (SSSR count). The van der Waals surface area contributed by atoms with Gasteiger partial charge in [0.05, 0.1) is 0 Å². The van der Waals surface area contributed by atoms with E-state index in [9.17, 15) is 9.59 Å². The minimum absolute atomic E-state index is 0.0576. The molecule has 1 amide bonds. The van der Waals surface area contributed by atoms with Gasteiger partial charge >= 0.3 is 5.97 Å². The van der Waals surface area contributed by atoms with E-state index >= 15 is 0 Å². The molecule has 0 saturated heterocycles. The minimum atomic E-state index is -1.14. The lowest BCUT2D eigenvalue weighted by atomic mass is 10.2. The Labute approximate surface area is 105 Å². The van der Waals surface area contributed by atoms with Gasteiger partial charge in [0.1, 0.15) is 11.9 Å². The lowest BCUT2D eigenvalue weighted by molar-refractivity contribution is -0.122. The zero-order valence-electron chi connectivity index (χ0n) is 10.5. The number of nitrogens with one attached hydrogen (secondary N) is 2. The molecular formula is C11H16N4O3. The number of rotatable bonds is 5. The highest BCUT2D eigenvalue weighted by molar-refractivity contribution is 5.85. The topological polar surface area (TPSA) is 104 Å². The van der Waals surface area contributed by atoms with E-state index in [0.717, 1.165) is 0 Å². The van der Waals surface area contributed by atoms with Crippen molar-refractivity contribution in [3.05, 3.63) is 17.8 Å². The van der Waals surface area contributed by atoms with E-state index in [-0.39, 0.29) is 17.6 Å². The number of carboxylic acids is 1. The Morgan fingerprint density at radius 1 is 1.22 bits per heavy atom. The predicted octanol–water partition coefficient (Wildman–Crippen LogP) is 0.500. The van der Waals surface area contributed by atoms with E-state index in [1.165, 1.54) is 12.1 Å². The Bertz CT molecular complexity index is 430. The van der Waals surface area contributed by atoms with Crippen LogP contribution in [0.1, 0.15) is 31.3 Å². The standard InChI is InChI=1S/C11H16N4O3/c1-6(2)12-10(16)7(3)13-9-5-4-8(11(17)18)14-15-9/h4-7H,1-3H3,(H,12,16)(H,13,15)(H,17,18). The molecule has 0 radical (unpaired) electrons. The van der Waals surface area contributed by atoms with Gasteiger partial charge in [0, 0.05) is 6.04 Å². The lowest BCUT2D eigenvalue weighted by Gasteiger charge is -2.16. The maximum atomic E-state index is 11.6. The molecule has 1 atom stereocenters. The molecule has 1 aromatic rings. The van der Waals surface area contributed by atoms with Crippen LogP contribution in [0.25, 0.3) is 0 Å². The molecule has 0 bridgehead atoms. The monoisotopic (exact) mass is 252 g/mol. The first-order valence-corrected chi connectivity index (χ1v) is 5.54. The van der Waals surface area contributed by atoms with E-state index in [2.05, 4.69) is 20.8 Å². The van der Waals surface area contributed by atoms with Crippen LogP contribution in [0.2, 0.25) is 0 Å². The van der Waals surface area contributed by atoms with Crippen molar-refractivity contribution in [2.24, 2.45) is 0 Å². The van der Waals surface area contributed by atoms with Gasteiger partial charge in [0.25, 0.3) is 0 Å². The highest BCUT2D eigenvalue weighted by Crippen LogP contribution is 2.04. The van der Waals surface area contributed by atoms with E-state index in [0.29, 0.717) is 5.82 Å². The summed E-state index contributed by atoms with van der Waals surface area (Å²) >= 11 is 0. The predicted molar refractivity (Wildman–Crippen MR) is 65.4 cm³/mol. The molecule has 0 aromatic carbocycles. The molecule has 98 valence electrons. The molecule has 7 nitrogen and oxygen atoms in total. The molecule has 0 saturated carbocycles. The quantitative estimate of drug-likeness (QED) is 0.705. The zero-order valence-corrected chi connectivity index (χ0v) is 10.5. The fourth-order valence-corrected chi connectivity index (χ4v) is 1.22. The van der Waals surface area contributed by atoms with Crippen molar-refractivity contribution < 1.29 is 14.7 Å². The van der Waals surface area contributed by atoms with Crippen molar-refractivity contribution in [2.45, 2.75) is 32.9 Å². The molecule has 1 heterocycles. The molecule has 1 aromatic heterocycles. The first-order valence-electron chi connectivity index (χ1n) is 5.54. The summed E-state index contributed by atoms with van der Waals surface area (Å²) in [7, 11) is 0. The van der Waals surface area contributed by atoms with Crippen molar-refractivity contribution in [3.8, 4) is 0 Å². The van der Waals surface area contributed by atoms with Crippen LogP contribution in [0.5, 0.6) is 0 Å². The second kappa shape index (κ2) is 5.95. The fraction of sp³-hybridized carbons (Fsp3) is 0.455. The summed E-state index contributed by atoms with van der Waals surface area (Å²) in [5.41, 5.74) is -0.139.